The standard InChI is InChI=1S/C29H33FN2O4/c1-20(31)25-7-4-8-26(29(25)30)24-15-21(18-32-10-5-12-35-13-11-32)14-22(16-24)19-36-27-9-3-2-6-23(27)17-28(33)34/h2-4,6-9,14-16,20H,5,10-13,17-19,31H2,1H3,(H,33,34). The summed E-state index contributed by atoms with van der Waals surface area (Å²) in [5.74, 6) is -0.700. The minimum absolute atomic E-state index is 0.117. The van der Waals surface area contributed by atoms with E-state index < -0.39 is 12.0 Å². The number of carboxylic acids is 1. The van der Waals surface area contributed by atoms with Crippen LogP contribution in [0.5, 0.6) is 5.75 Å². The molecule has 1 unspecified atom stereocenters. The van der Waals surface area contributed by atoms with E-state index in [1.54, 1.807) is 37.3 Å². The monoisotopic (exact) mass is 492 g/mol. The van der Waals surface area contributed by atoms with Crippen molar-refractivity contribution in [3.05, 3.63) is 88.7 Å². The summed E-state index contributed by atoms with van der Waals surface area (Å²) < 4.78 is 27.1. The molecule has 0 aromatic heterocycles. The number of hydrogen-bond acceptors (Lipinski definition) is 5. The van der Waals surface area contributed by atoms with Gasteiger partial charge in [0.05, 0.1) is 13.0 Å². The number of hydrogen-bond donors (Lipinski definition) is 2. The van der Waals surface area contributed by atoms with Gasteiger partial charge in [0.15, 0.2) is 0 Å². The molecule has 1 aliphatic rings. The highest BCUT2D eigenvalue weighted by Crippen LogP contribution is 2.30. The molecule has 3 aromatic carbocycles. The van der Waals surface area contributed by atoms with Gasteiger partial charge in [0.25, 0.3) is 0 Å². The second-order valence-corrected chi connectivity index (χ2v) is 9.24. The zero-order chi connectivity index (χ0) is 25.5. The van der Waals surface area contributed by atoms with Crippen molar-refractivity contribution in [1.82, 2.24) is 4.90 Å². The topological polar surface area (TPSA) is 85.0 Å². The minimum atomic E-state index is -0.916. The Bertz CT molecular complexity index is 1190. The molecule has 3 aromatic rings. The fourth-order valence-electron chi connectivity index (χ4n) is 4.55. The fourth-order valence-corrected chi connectivity index (χ4v) is 4.55. The number of halogens is 1. The third kappa shape index (κ3) is 6.69. The maximum absolute atomic E-state index is 15.4. The van der Waals surface area contributed by atoms with E-state index in [0.29, 0.717) is 35.6 Å². The van der Waals surface area contributed by atoms with Crippen LogP contribution in [-0.2, 0) is 29.1 Å². The van der Waals surface area contributed by atoms with Crippen LogP contribution >= 0.6 is 0 Å². The van der Waals surface area contributed by atoms with Crippen LogP contribution in [0.25, 0.3) is 11.1 Å². The summed E-state index contributed by atoms with van der Waals surface area (Å²) in [6, 6.07) is 18.1. The Balaban J connectivity index is 1.66. The highest BCUT2D eigenvalue weighted by molar-refractivity contribution is 5.71. The first-order valence-electron chi connectivity index (χ1n) is 12.3. The van der Waals surface area contributed by atoms with Gasteiger partial charge >= 0.3 is 5.97 Å². The van der Waals surface area contributed by atoms with Crippen molar-refractivity contribution in [2.24, 2.45) is 5.73 Å². The summed E-state index contributed by atoms with van der Waals surface area (Å²) in [4.78, 5) is 13.6. The Hall–Kier alpha value is -3.26. The molecule has 1 aliphatic heterocycles. The number of para-hydroxylation sites is 1. The third-order valence-electron chi connectivity index (χ3n) is 6.31. The summed E-state index contributed by atoms with van der Waals surface area (Å²) >= 11 is 0. The van der Waals surface area contributed by atoms with Gasteiger partial charge in [-0.05, 0) is 48.2 Å². The molecule has 0 aliphatic carbocycles. The summed E-state index contributed by atoms with van der Waals surface area (Å²) in [5.41, 5.74) is 10.3. The first-order valence-corrected chi connectivity index (χ1v) is 12.3. The van der Waals surface area contributed by atoms with Gasteiger partial charge in [-0.3, -0.25) is 9.69 Å². The molecule has 1 heterocycles. The van der Waals surface area contributed by atoms with Crippen LogP contribution in [0.3, 0.4) is 0 Å². The Morgan fingerprint density at radius 2 is 1.92 bits per heavy atom. The van der Waals surface area contributed by atoms with Crippen molar-refractivity contribution in [1.29, 1.82) is 0 Å². The number of benzene rings is 3. The molecule has 1 saturated heterocycles. The average Bonchev–Trinajstić information content (AvgIpc) is 3.11. The lowest BCUT2D eigenvalue weighted by Crippen LogP contribution is -2.25. The fraction of sp³-hybridized carbons (Fsp3) is 0.345. The second kappa shape index (κ2) is 12.1. The molecule has 190 valence electrons. The molecule has 0 spiro atoms. The van der Waals surface area contributed by atoms with E-state index in [1.807, 2.05) is 24.3 Å². The van der Waals surface area contributed by atoms with E-state index in [1.165, 1.54) is 0 Å². The normalized spacial score (nSPS) is 15.3. The van der Waals surface area contributed by atoms with Crippen molar-refractivity contribution in [2.75, 3.05) is 26.3 Å². The molecule has 6 nitrogen and oxygen atoms in total. The molecule has 1 atom stereocenters. The van der Waals surface area contributed by atoms with E-state index >= 15 is 4.39 Å². The van der Waals surface area contributed by atoms with Gasteiger partial charge in [-0.25, -0.2) is 4.39 Å². The van der Waals surface area contributed by atoms with Crippen LogP contribution in [-0.4, -0.2) is 42.3 Å². The van der Waals surface area contributed by atoms with Gasteiger partial charge in [0, 0.05) is 49.0 Å². The van der Waals surface area contributed by atoms with Crippen molar-refractivity contribution in [3.63, 3.8) is 0 Å². The second-order valence-electron chi connectivity index (χ2n) is 9.24. The number of ether oxygens (including phenoxy) is 2. The van der Waals surface area contributed by atoms with Gasteiger partial charge in [-0.15, -0.1) is 0 Å². The number of carboxylic acid groups (broad SMARTS) is 1. The maximum Gasteiger partial charge on any atom is 0.307 e. The zero-order valence-electron chi connectivity index (χ0n) is 20.6. The van der Waals surface area contributed by atoms with Gasteiger partial charge in [-0.1, -0.05) is 42.5 Å². The van der Waals surface area contributed by atoms with Crippen molar-refractivity contribution < 1.29 is 23.8 Å². The molecule has 3 N–H and O–H groups in total. The molecule has 36 heavy (non-hydrogen) atoms. The Labute approximate surface area is 211 Å². The number of nitrogens with two attached hydrogens (primary N) is 1. The summed E-state index contributed by atoms with van der Waals surface area (Å²) in [7, 11) is 0. The van der Waals surface area contributed by atoms with Crippen LogP contribution in [0.1, 0.15) is 41.6 Å². The predicted molar refractivity (Wildman–Crippen MR) is 137 cm³/mol. The van der Waals surface area contributed by atoms with Crippen LogP contribution in [0.2, 0.25) is 0 Å². The first kappa shape index (κ1) is 25.8. The van der Waals surface area contributed by atoms with E-state index in [-0.39, 0.29) is 18.8 Å². The molecule has 0 saturated carbocycles. The van der Waals surface area contributed by atoms with Gasteiger partial charge < -0.3 is 20.3 Å². The summed E-state index contributed by atoms with van der Waals surface area (Å²) in [6.45, 7) is 5.96. The van der Waals surface area contributed by atoms with E-state index in [9.17, 15) is 9.90 Å². The van der Waals surface area contributed by atoms with Gasteiger partial charge in [-0.2, -0.15) is 0 Å². The Kier molecular flexibility index (Phi) is 8.70. The Morgan fingerprint density at radius 3 is 2.72 bits per heavy atom. The number of rotatable bonds is 9. The molecular formula is C29H33FN2O4. The summed E-state index contributed by atoms with van der Waals surface area (Å²) in [6.07, 6.45) is 0.856. The highest BCUT2D eigenvalue weighted by Gasteiger charge is 2.16. The quantitative estimate of drug-likeness (QED) is 0.440. The zero-order valence-corrected chi connectivity index (χ0v) is 20.6. The lowest BCUT2D eigenvalue weighted by Gasteiger charge is -2.21. The van der Waals surface area contributed by atoms with Gasteiger partial charge in [0.1, 0.15) is 18.2 Å². The molecule has 4 rings (SSSR count). The number of carbonyl (C=O) groups is 1. The van der Waals surface area contributed by atoms with Crippen molar-refractivity contribution >= 4 is 5.97 Å². The van der Waals surface area contributed by atoms with E-state index in [0.717, 1.165) is 42.8 Å². The van der Waals surface area contributed by atoms with E-state index in [2.05, 4.69) is 11.0 Å². The lowest BCUT2D eigenvalue weighted by molar-refractivity contribution is -0.136. The third-order valence-corrected chi connectivity index (χ3v) is 6.31. The summed E-state index contributed by atoms with van der Waals surface area (Å²) in [5, 5.41) is 9.23. The molecular weight excluding hydrogens is 459 g/mol. The van der Waals surface area contributed by atoms with Gasteiger partial charge in [0.2, 0.25) is 0 Å². The van der Waals surface area contributed by atoms with Crippen molar-refractivity contribution in [2.45, 2.75) is 39.0 Å². The highest BCUT2D eigenvalue weighted by atomic mass is 19.1. The molecule has 0 radical (unpaired) electrons. The van der Waals surface area contributed by atoms with E-state index in [4.69, 9.17) is 15.2 Å². The first-order chi connectivity index (χ1) is 17.4. The smallest absolute Gasteiger partial charge is 0.307 e. The van der Waals surface area contributed by atoms with Crippen LogP contribution < -0.4 is 10.5 Å². The largest absolute Gasteiger partial charge is 0.489 e. The molecule has 0 bridgehead atoms. The van der Waals surface area contributed by atoms with Crippen LogP contribution in [0.4, 0.5) is 4.39 Å². The lowest BCUT2D eigenvalue weighted by atomic mass is 9.96. The molecule has 0 amide bonds. The average molecular weight is 493 g/mol. The van der Waals surface area contributed by atoms with Crippen LogP contribution in [0.15, 0.2) is 60.7 Å². The minimum Gasteiger partial charge on any atom is -0.489 e. The Morgan fingerprint density at radius 1 is 1.11 bits per heavy atom. The van der Waals surface area contributed by atoms with Crippen LogP contribution in [0, 0.1) is 5.82 Å². The molecule has 7 heteroatoms. The maximum atomic E-state index is 15.4. The number of nitrogens with zero attached hydrogens (tertiary/aromatic N) is 1. The molecule has 1 fully saturated rings. The predicted octanol–water partition coefficient (Wildman–Crippen LogP) is 4.94. The van der Waals surface area contributed by atoms with Crippen molar-refractivity contribution in [3.8, 4) is 16.9 Å². The SMILES string of the molecule is CC(N)c1cccc(-c2cc(COc3ccccc3CC(=O)O)cc(CN3CCCOCC3)c2)c1F. The number of aliphatic carboxylic acids is 1.